The topological polar surface area (TPSA) is 55.4 Å². The molecule has 0 aliphatic rings. The molecule has 0 heterocycles. The minimum absolute atomic E-state index is 0.145. The van der Waals surface area contributed by atoms with Crippen LogP contribution in [0.5, 0.6) is 0 Å². The highest BCUT2D eigenvalue weighted by Gasteiger charge is 2.19. The number of rotatable bonds is 5. The highest BCUT2D eigenvalue weighted by Crippen LogP contribution is 2.19. The van der Waals surface area contributed by atoms with Crippen molar-refractivity contribution in [3.05, 3.63) is 83.9 Å². The Bertz CT molecular complexity index is 885. The van der Waals surface area contributed by atoms with Gasteiger partial charge in [0.1, 0.15) is 6.61 Å². The summed E-state index contributed by atoms with van der Waals surface area (Å²) in [6.45, 7) is 1.83. The molecule has 1 atom stereocenters. The number of amides is 1. The van der Waals surface area contributed by atoms with Gasteiger partial charge < -0.3 is 10.1 Å². The minimum Gasteiger partial charge on any atom is -0.445 e. The monoisotopic (exact) mass is 333 g/mol. The van der Waals surface area contributed by atoms with Crippen molar-refractivity contribution in [3.8, 4) is 0 Å². The van der Waals surface area contributed by atoms with Crippen LogP contribution in [0.1, 0.15) is 22.8 Å². The van der Waals surface area contributed by atoms with Crippen molar-refractivity contribution in [2.45, 2.75) is 19.6 Å². The number of fused-ring (bicyclic) bond motifs is 1. The van der Waals surface area contributed by atoms with Crippen molar-refractivity contribution in [1.29, 1.82) is 0 Å². The van der Waals surface area contributed by atoms with Gasteiger partial charge in [-0.1, -0.05) is 72.8 Å². The molecule has 0 aliphatic carbocycles. The molecule has 3 rings (SSSR count). The first-order chi connectivity index (χ1) is 12.1. The average molecular weight is 333 g/mol. The lowest BCUT2D eigenvalue weighted by atomic mass is 9.98. The normalized spacial score (nSPS) is 11.7. The Morgan fingerprint density at radius 2 is 1.60 bits per heavy atom. The van der Waals surface area contributed by atoms with Gasteiger partial charge in [-0.3, -0.25) is 4.79 Å². The predicted octanol–water partition coefficient (Wildman–Crippen LogP) is 4.34. The van der Waals surface area contributed by atoms with Crippen molar-refractivity contribution < 1.29 is 14.3 Å². The second-order valence-electron chi connectivity index (χ2n) is 5.82. The van der Waals surface area contributed by atoms with E-state index in [4.69, 9.17) is 4.74 Å². The lowest BCUT2D eigenvalue weighted by Gasteiger charge is -2.14. The first kappa shape index (κ1) is 16.7. The number of hydrogen-bond donors (Lipinski definition) is 1. The van der Waals surface area contributed by atoms with Gasteiger partial charge in [0.05, 0.1) is 6.04 Å². The maximum absolute atomic E-state index is 12.7. The van der Waals surface area contributed by atoms with Crippen LogP contribution in [0.15, 0.2) is 72.8 Å². The van der Waals surface area contributed by atoms with Crippen LogP contribution in [0.4, 0.5) is 4.79 Å². The summed E-state index contributed by atoms with van der Waals surface area (Å²) in [5, 5.41) is 4.47. The molecule has 0 bridgehead atoms. The SMILES string of the molecule is C[C@H](NC(=O)OCc1ccccc1)C(=O)c1cccc2ccccc12. The number of hydrogen-bond acceptors (Lipinski definition) is 3. The Kier molecular flexibility index (Phi) is 5.09. The molecule has 4 heteroatoms. The highest BCUT2D eigenvalue weighted by atomic mass is 16.5. The summed E-state index contributed by atoms with van der Waals surface area (Å²) in [5.41, 5.74) is 1.49. The third-order valence-electron chi connectivity index (χ3n) is 4.00. The molecule has 126 valence electrons. The third-order valence-corrected chi connectivity index (χ3v) is 4.00. The van der Waals surface area contributed by atoms with Crippen LogP contribution in [-0.2, 0) is 11.3 Å². The van der Waals surface area contributed by atoms with Gasteiger partial charge >= 0.3 is 6.09 Å². The summed E-state index contributed by atoms with van der Waals surface area (Å²) in [6, 6.07) is 22.0. The van der Waals surface area contributed by atoms with E-state index in [9.17, 15) is 9.59 Å². The fourth-order valence-corrected chi connectivity index (χ4v) is 2.68. The van der Waals surface area contributed by atoms with Gasteiger partial charge in [0, 0.05) is 5.56 Å². The Morgan fingerprint density at radius 1 is 0.920 bits per heavy atom. The van der Waals surface area contributed by atoms with Crippen molar-refractivity contribution in [3.63, 3.8) is 0 Å². The number of carbonyl (C=O) groups is 2. The van der Waals surface area contributed by atoms with E-state index in [2.05, 4.69) is 5.32 Å². The van der Waals surface area contributed by atoms with Crippen molar-refractivity contribution in [2.75, 3.05) is 0 Å². The number of ketones is 1. The zero-order valence-corrected chi connectivity index (χ0v) is 13.9. The van der Waals surface area contributed by atoms with Crippen LogP contribution in [0.2, 0.25) is 0 Å². The zero-order chi connectivity index (χ0) is 17.6. The molecule has 0 saturated carbocycles. The number of benzene rings is 3. The Labute approximate surface area is 146 Å². The third kappa shape index (κ3) is 4.04. The van der Waals surface area contributed by atoms with Crippen LogP contribution in [0, 0.1) is 0 Å². The minimum atomic E-state index is -0.672. The number of alkyl carbamates (subject to hydrolysis) is 1. The van der Waals surface area contributed by atoms with E-state index in [1.165, 1.54) is 0 Å². The molecule has 25 heavy (non-hydrogen) atoms. The molecule has 4 nitrogen and oxygen atoms in total. The summed E-state index contributed by atoms with van der Waals surface area (Å²) in [7, 11) is 0. The van der Waals surface area contributed by atoms with E-state index in [-0.39, 0.29) is 12.4 Å². The lowest BCUT2D eigenvalue weighted by molar-refractivity contribution is 0.0928. The van der Waals surface area contributed by atoms with Gasteiger partial charge in [0.2, 0.25) is 0 Å². The van der Waals surface area contributed by atoms with E-state index >= 15 is 0 Å². The smallest absolute Gasteiger partial charge is 0.408 e. The molecule has 3 aromatic rings. The zero-order valence-electron chi connectivity index (χ0n) is 13.9. The van der Waals surface area contributed by atoms with Gasteiger partial charge in [0.15, 0.2) is 5.78 Å². The van der Waals surface area contributed by atoms with Crippen molar-refractivity contribution in [1.82, 2.24) is 5.32 Å². The maximum atomic E-state index is 12.7. The maximum Gasteiger partial charge on any atom is 0.408 e. The van der Waals surface area contributed by atoms with E-state index in [0.717, 1.165) is 16.3 Å². The van der Waals surface area contributed by atoms with Crippen LogP contribution in [0.25, 0.3) is 10.8 Å². The number of Topliss-reactive ketones (excluding diaryl/α,β-unsaturated/α-hetero) is 1. The van der Waals surface area contributed by atoms with Crippen molar-refractivity contribution in [2.24, 2.45) is 0 Å². The fourth-order valence-electron chi connectivity index (χ4n) is 2.68. The van der Waals surface area contributed by atoms with Crippen LogP contribution >= 0.6 is 0 Å². The fraction of sp³-hybridized carbons (Fsp3) is 0.143. The predicted molar refractivity (Wildman–Crippen MR) is 97.5 cm³/mol. The molecule has 0 spiro atoms. The molecular formula is C21H19NO3. The summed E-state index contributed by atoms with van der Waals surface area (Å²) in [6.07, 6.45) is -0.607. The second kappa shape index (κ2) is 7.62. The van der Waals surface area contributed by atoms with Gasteiger partial charge in [0.25, 0.3) is 0 Å². The Hall–Kier alpha value is -3.14. The summed E-state index contributed by atoms with van der Waals surface area (Å²) in [4.78, 5) is 24.6. The molecule has 0 unspecified atom stereocenters. The van der Waals surface area contributed by atoms with E-state index in [1.807, 2.05) is 66.7 Å². The van der Waals surface area contributed by atoms with Gasteiger partial charge in [-0.25, -0.2) is 4.79 Å². The van der Waals surface area contributed by atoms with Crippen LogP contribution < -0.4 is 5.32 Å². The van der Waals surface area contributed by atoms with Crippen LogP contribution in [0.3, 0.4) is 0 Å². The quantitative estimate of drug-likeness (QED) is 0.707. The molecule has 3 aromatic carbocycles. The van der Waals surface area contributed by atoms with Gasteiger partial charge in [-0.15, -0.1) is 0 Å². The standard InChI is InChI=1S/C21H19NO3/c1-15(22-21(24)25-14-16-8-3-2-4-9-16)20(23)19-13-7-11-17-10-5-6-12-18(17)19/h2-13,15H,14H2,1H3,(H,22,24)/t15-/m0/s1. The lowest BCUT2D eigenvalue weighted by Crippen LogP contribution is -2.38. The molecular weight excluding hydrogens is 314 g/mol. The summed E-state index contributed by atoms with van der Waals surface area (Å²) in [5.74, 6) is -0.145. The average Bonchev–Trinajstić information content (AvgIpc) is 2.66. The Balaban J connectivity index is 1.65. The molecule has 1 N–H and O–H groups in total. The summed E-state index contributed by atoms with van der Waals surface area (Å²) < 4.78 is 5.17. The largest absolute Gasteiger partial charge is 0.445 e. The molecule has 1 amide bonds. The molecule has 0 aliphatic heterocycles. The first-order valence-electron chi connectivity index (χ1n) is 8.14. The molecule has 0 radical (unpaired) electrons. The number of nitrogens with one attached hydrogen (secondary N) is 1. The van der Waals surface area contributed by atoms with Gasteiger partial charge in [-0.2, -0.15) is 0 Å². The van der Waals surface area contributed by atoms with E-state index < -0.39 is 12.1 Å². The van der Waals surface area contributed by atoms with Crippen LogP contribution in [-0.4, -0.2) is 17.9 Å². The number of ether oxygens (including phenoxy) is 1. The summed E-state index contributed by atoms with van der Waals surface area (Å²) >= 11 is 0. The van der Waals surface area contributed by atoms with Gasteiger partial charge in [-0.05, 0) is 23.3 Å². The molecule has 0 fully saturated rings. The Morgan fingerprint density at radius 3 is 2.40 bits per heavy atom. The van der Waals surface area contributed by atoms with Crippen molar-refractivity contribution >= 4 is 22.6 Å². The second-order valence-corrected chi connectivity index (χ2v) is 5.82. The first-order valence-corrected chi connectivity index (χ1v) is 8.14. The molecule has 0 saturated heterocycles. The molecule has 0 aromatic heterocycles. The highest BCUT2D eigenvalue weighted by molar-refractivity contribution is 6.10. The van der Waals surface area contributed by atoms with E-state index in [1.54, 1.807) is 13.0 Å². The van der Waals surface area contributed by atoms with E-state index in [0.29, 0.717) is 5.56 Å². The number of carbonyl (C=O) groups excluding carboxylic acids is 2.